The van der Waals surface area contributed by atoms with Gasteiger partial charge in [0.15, 0.2) is 0 Å². The van der Waals surface area contributed by atoms with Crippen molar-refractivity contribution in [2.75, 3.05) is 18.5 Å². The van der Waals surface area contributed by atoms with Gasteiger partial charge in [0, 0.05) is 17.3 Å². The quantitative estimate of drug-likeness (QED) is 0.821. The van der Waals surface area contributed by atoms with Crippen molar-refractivity contribution in [2.45, 2.75) is 52.0 Å². The van der Waals surface area contributed by atoms with Crippen LogP contribution in [0.2, 0.25) is 5.02 Å². The lowest BCUT2D eigenvalue weighted by molar-refractivity contribution is -0.138. The van der Waals surface area contributed by atoms with Crippen LogP contribution in [0.4, 0.5) is 5.69 Å². The maximum atomic E-state index is 9.60. The van der Waals surface area contributed by atoms with Crippen molar-refractivity contribution < 1.29 is 14.3 Å². The molecule has 0 spiro atoms. The van der Waals surface area contributed by atoms with Crippen LogP contribution in [-0.2, 0) is 14.3 Å². The molecular weight excluding hydrogens is 316 g/mol. The molecule has 1 unspecified atom stereocenters. The number of anilines is 1. The molecule has 1 saturated heterocycles. The molecule has 2 N–H and O–H groups in total. The van der Waals surface area contributed by atoms with Crippen LogP contribution in [0.15, 0.2) is 24.3 Å². The van der Waals surface area contributed by atoms with Crippen LogP contribution in [-0.4, -0.2) is 37.0 Å². The molecule has 1 fully saturated rings. The van der Waals surface area contributed by atoms with Gasteiger partial charge in [-0.15, -0.1) is 0 Å². The molecule has 1 aromatic carbocycles. The molecule has 0 saturated carbocycles. The Hall–Kier alpha value is -1.30. The summed E-state index contributed by atoms with van der Waals surface area (Å²) in [5.74, 6) is 0. The molecule has 5 nitrogen and oxygen atoms in total. The Bertz CT molecular complexity index is 501. The number of ether oxygens (including phenoxy) is 2. The van der Waals surface area contributed by atoms with Gasteiger partial charge in [-0.25, -0.2) is 0 Å². The first-order valence-electron chi connectivity index (χ1n) is 7.64. The van der Waals surface area contributed by atoms with E-state index in [2.05, 4.69) is 15.4 Å². The Morgan fingerprint density at radius 3 is 2.61 bits per heavy atom. The van der Waals surface area contributed by atoms with Crippen LogP contribution in [0.1, 0.15) is 34.6 Å². The SMILES string of the molecule is CC(C)(C)OC=O.CC1(C)NC(CNc2cccc(Cl)c2)CO1. The third-order valence-electron chi connectivity index (χ3n) is 2.98. The summed E-state index contributed by atoms with van der Waals surface area (Å²) in [5, 5.41) is 7.49. The van der Waals surface area contributed by atoms with Gasteiger partial charge in [-0.3, -0.25) is 10.1 Å². The summed E-state index contributed by atoms with van der Waals surface area (Å²) in [6.07, 6.45) is 0. The van der Waals surface area contributed by atoms with Crippen molar-refractivity contribution in [1.82, 2.24) is 5.32 Å². The molecule has 1 aliphatic heterocycles. The van der Waals surface area contributed by atoms with Crippen molar-refractivity contribution in [1.29, 1.82) is 0 Å². The third kappa shape index (κ3) is 8.79. The number of carbonyl (C=O) groups is 1. The van der Waals surface area contributed by atoms with Crippen molar-refractivity contribution in [3.63, 3.8) is 0 Å². The van der Waals surface area contributed by atoms with Gasteiger partial charge in [0.25, 0.3) is 6.47 Å². The molecule has 23 heavy (non-hydrogen) atoms. The second-order valence-electron chi connectivity index (χ2n) is 6.88. The first-order valence-corrected chi connectivity index (χ1v) is 8.02. The molecule has 2 rings (SSSR count). The summed E-state index contributed by atoms with van der Waals surface area (Å²) >= 11 is 5.91. The Morgan fingerprint density at radius 1 is 1.48 bits per heavy atom. The minimum Gasteiger partial charge on any atom is -0.462 e. The van der Waals surface area contributed by atoms with Gasteiger partial charge in [0.05, 0.1) is 12.6 Å². The molecule has 6 heteroatoms. The number of hydrogen-bond donors (Lipinski definition) is 2. The van der Waals surface area contributed by atoms with Gasteiger partial charge >= 0.3 is 0 Å². The molecule has 130 valence electrons. The monoisotopic (exact) mass is 342 g/mol. The van der Waals surface area contributed by atoms with Gasteiger partial charge in [0.2, 0.25) is 0 Å². The minimum absolute atomic E-state index is 0.208. The summed E-state index contributed by atoms with van der Waals surface area (Å²) in [4.78, 5) is 9.60. The average Bonchev–Trinajstić information content (AvgIpc) is 2.75. The van der Waals surface area contributed by atoms with Crippen LogP contribution in [0.25, 0.3) is 0 Å². The number of hydrogen-bond acceptors (Lipinski definition) is 5. The molecule has 0 aliphatic carbocycles. The van der Waals surface area contributed by atoms with Crippen LogP contribution < -0.4 is 10.6 Å². The second-order valence-corrected chi connectivity index (χ2v) is 7.32. The van der Waals surface area contributed by atoms with Gasteiger partial charge in [-0.2, -0.15) is 0 Å². The highest BCUT2D eigenvalue weighted by atomic mass is 35.5. The zero-order valence-electron chi connectivity index (χ0n) is 14.5. The molecule has 1 aromatic rings. The summed E-state index contributed by atoms with van der Waals surface area (Å²) in [6.45, 7) is 11.6. The standard InChI is InChI=1S/C12H17ClN2O.C5H10O2/c1-12(2)15-11(8-16-12)7-14-10-5-3-4-9(13)6-10;1-5(2,3)7-4-6/h3-6,11,14-15H,7-8H2,1-2H3;4H,1-3H3. The molecule has 0 bridgehead atoms. The van der Waals surface area contributed by atoms with E-state index in [1.165, 1.54) is 0 Å². The van der Waals surface area contributed by atoms with Crippen molar-refractivity contribution >= 4 is 23.8 Å². The number of benzene rings is 1. The number of nitrogens with one attached hydrogen (secondary N) is 2. The highest BCUT2D eigenvalue weighted by Crippen LogP contribution is 2.17. The summed E-state index contributed by atoms with van der Waals surface area (Å²) in [5.41, 5.74) is 0.515. The first kappa shape index (κ1) is 19.7. The molecule has 0 amide bonds. The largest absolute Gasteiger partial charge is 0.462 e. The maximum absolute atomic E-state index is 9.60. The van der Waals surface area contributed by atoms with E-state index in [1.54, 1.807) is 0 Å². The fourth-order valence-corrected chi connectivity index (χ4v) is 2.17. The Labute approximate surface area is 143 Å². The molecule has 1 aliphatic rings. The topological polar surface area (TPSA) is 59.6 Å². The first-order chi connectivity index (χ1) is 10.6. The number of halogens is 1. The zero-order valence-corrected chi connectivity index (χ0v) is 15.2. The van der Waals surface area contributed by atoms with Gasteiger partial charge in [-0.05, 0) is 52.8 Å². The Kier molecular flexibility index (Phi) is 7.32. The summed E-state index contributed by atoms with van der Waals surface area (Å²) in [6, 6.07) is 8.07. The molecule has 1 heterocycles. The fourth-order valence-electron chi connectivity index (χ4n) is 1.98. The molecule has 0 radical (unpaired) electrons. The van der Waals surface area contributed by atoms with Crippen LogP contribution >= 0.6 is 11.6 Å². The van der Waals surface area contributed by atoms with Gasteiger partial charge in [0.1, 0.15) is 11.3 Å². The van der Waals surface area contributed by atoms with Crippen LogP contribution in [0.5, 0.6) is 0 Å². The van der Waals surface area contributed by atoms with E-state index in [-0.39, 0.29) is 11.3 Å². The van der Waals surface area contributed by atoms with E-state index in [0.29, 0.717) is 12.5 Å². The van der Waals surface area contributed by atoms with Crippen molar-refractivity contribution in [2.24, 2.45) is 0 Å². The van der Waals surface area contributed by atoms with E-state index in [4.69, 9.17) is 16.3 Å². The fraction of sp³-hybridized carbons (Fsp3) is 0.588. The number of carbonyl (C=O) groups excluding carboxylic acids is 1. The molecular formula is C17H27ClN2O3. The van der Waals surface area contributed by atoms with Gasteiger partial charge in [-0.1, -0.05) is 17.7 Å². The van der Waals surface area contributed by atoms with E-state index in [0.717, 1.165) is 23.9 Å². The lowest BCUT2D eigenvalue weighted by Gasteiger charge is -2.18. The average molecular weight is 343 g/mol. The molecule has 1 atom stereocenters. The number of rotatable bonds is 4. The second kappa shape index (κ2) is 8.52. The zero-order chi connectivity index (χ0) is 17.5. The van der Waals surface area contributed by atoms with Crippen LogP contribution in [0, 0.1) is 0 Å². The predicted octanol–water partition coefficient (Wildman–Crippen LogP) is 3.43. The minimum atomic E-state index is -0.318. The summed E-state index contributed by atoms with van der Waals surface area (Å²) in [7, 11) is 0. The third-order valence-corrected chi connectivity index (χ3v) is 3.21. The Balaban J connectivity index is 0.000000322. The Morgan fingerprint density at radius 2 is 2.17 bits per heavy atom. The van der Waals surface area contributed by atoms with Crippen molar-refractivity contribution in [3.05, 3.63) is 29.3 Å². The van der Waals surface area contributed by atoms with E-state index >= 15 is 0 Å². The van der Waals surface area contributed by atoms with Gasteiger partial charge < -0.3 is 14.8 Å². The van der Waals surface area contributed by atoms with Crippen molar-refractivity contribution in [3.8, 4) is 0 Å². The lowest BCUT2D eigenvalue weighted by atomic mass is 10.2. The van der Waals surface area contributed by atoms with E-state index in [9.17, 15) is 4.79 Å². The summed E-state index contributed by atoms with van der Waals surface area (Å²) < 4.78 is 10.1. The molecule has 0 aromatic heterocycles. The maximum Gasteiger partial charge on any atom is 0.293 e. The smallest absolute Gasteiger partial charge is 0.293 e. The normalized spacial score (nSPS) is 19.5. The van der Waals surface area contributed by atoms with E-state index < -0.39 is 0 Å². The lowest BCUT2D eigenvalue weighted by Crippen LogP contribution is -2.41. The highest BCUT2D eigenvalue weighted by molar-refractivity contribution is 6.30. The van der Waals surface area contributed by atoms with E-state index in [1.807, 2.05) is 58.9 Å². The highest BCUT2D eigenvalue weighted by Gasteiger charge is 2.30. The predicted molar refractivity (Wildman–Crippen MR) is 93.8 cm³/mol. The van der Waals surface area contributed by atoms with Crippen LogP contribution in [0.3, 0.4) is 0 Å².